The van der Waals surface area contributed by atoms with Crippen molar-refractivity contribution in [3.8, 4) is 0 Å². The van der Waals surface area contributed by atoms with Gasteiger partial charge in [0, 0.05) is 12.2 Å². The molecule has 1 spiro atoms. The number of ether oxygens (including phenoxy) is 1. The SMILES string of the molecule is O=C1OC(CSc2nc3ncncc3[nH]2)CC12CC2. The van der Waals surface area contributed by atoms with Crippen LogP contribution in [-0.4, -0.2) is 37.8 Å². The number of cyclic esters (lactones) is 1. The number of rotatable bonds is 3. The van der Waals surface area contributed by atoms with E-state index in [0.717, 1.165) is 35.7 Å². The lowest BCUT2D eigenvalue weighted by Gasteiger charge is -2.06. The zero-order valence-electron chi connectivity index (χ0n) is 10.1. The van der Waals surface area contributed by atoms with Crippen molar-refractivity contribution in [2.45, 2.75) is 30.5 Å². The maximum Gasteiger partial charge on any atom is 0.312 e. The van der Waals surface area contributed by atoms with Crippen LogP contribution in [0.1, 0.15) is 19.3 Å². The Bertz CT molecular complexity index is 619. The molecule has 2 aromatic rings. The highest BCUT2D eigenvalue weighted by Gasteiger charge is 2.57. The van der Waals surface area contributed by atoms with Crippen LogP contribution in [0, 0.1) is 5.41 Å². The molecule has 2 aliphatic rings. The molecule has 1 saturated heterocycles. The molecule has 1 N–H and O–H groups in total. The van der Waals surface area contributed by atoms with Gasteiger partial charge in [0.25, 0.3) is 0 Å². The van der Waals surface area contributed by atoms with Crippen molar-refractivity contribution in [2.75, 3.05) is 5.75 Å². The molecule has 1 saturated carbocycles. The van der Waals surface area contributed by atoms with Crippen LogP contribution < -0.4 is 0 Å². The predicted molar refractivity (Wildman–Crippen MR) is 68.6 cm³/mol. The fraction of sp³-hybridized carbons (Fsp3) is 0.500. The largest absolute Gasteiger partial charge is 0.461 e. The third-order valence-electron chi connectivity index (χ3n) is 3.72. The Labute approximate surface area is 113 Å². The fourth-order valence-electron chi connectivity index (χ4n) is 2.47. The van der Waals surface area contributed by atoms with Crippen molar-refractivity contribution < 1.29 is 9.53 Å². The molecule has 6 nitrogen and oxygen atoms in total. The average molecular weight is 276 g/mol. The second kappa shape index (κ2) is 3.93. The van der Waals surface area contributed by atoms with Crippen molar-refractivity contribution in [3.63, 3.8) is 0 Å². The minimum absolute atomic E-state index is 0.00595. The number of H-pyrrole nitrogens is 1. The molecule has 98 valence electrons. The van der Waals surface area contributed by atoms with E-state index in [1.807, 2.05) is 0 Å². The van der Waals surface area contributed by atoms with Crippen LogP contribution >= 0.6 is 11.8 Å². The third-order valence-corrected chi connectivity index (χ3v) is 4.73. The number of fused-ring (bicyclic) bond motifs is 1. The molecule has 1 unspecified atom stereocenters. The Kier molecular flexibility index (Phi) is 2.32. The number of aromatic nitrogens is 4. The van der Waals surface area contributed by atoms with Crippen molar-refractivity contribution in [1.29, 1.82) is 0 Å². The van der Waals surface area contributed by atoms with E-state index in [2.05, 4.69) is 19.9 Å². The van der Waals surface area contributed by atoms with Gasteiger partial charge in [0.1, 0.15) is 17.9 Å². The van der Waals surface area contributed by atoms with Gasteiger partial charge in [-0.05, 0) is 12.8 Å². The van der Waals surface area contributed by atoms with Crippen molar-refractivity contribution in [2.24, 2.45) is 5.41 Å². The molecule has 0 bridgehead atoms. The molecule has 1 aliphatic heterocycles. The van der Waals surface area contributed by atoms with Gasteiger partial charge in [-0.3, -0.25) is 4.79 Å². The van der Waals surface area contributed by atoms with Crippen LogP contribution in [0.15, 0.2) is 17.7 Å². The number of thioether (sulfide) groups is 1. The van der Waals surface area contributed by atoms with Gasteiger partial charge in [-0.2, -0.15) is 0 Å². The van der Waals surface area contributed by atoms with Crippen LogP contribution in [-0.2, 0) is 9.53 Å². The lowest BCUT2D eigenvalue weighted by molar-refractivity contribution is -0.144. The van der Waals surface area contributed by atoms with Crippen LogP contribution in [0.25, 0.3) is 11.2 Å². The summed E-state index contributed by atoms with van der Waals surface area (Å²) >= 11 is 1.56. The first-order valence-corrected chi connectivity index (χ1v) is 7.23. The Hall–Kier alpha value is -1.63. The smallest absolute Gasteiger partial charge is 0.312 e. The molecule has 4 rings (SSSR count). The third kappa shape index (κ3) is 1.88. The molecular weight excluding hydrogens is 264 g/mol. The van der Waals surface area contributed by atoms with E-state index in [-0.39, 0.29) is 17.5 Å². The standard InChI is InChI=1S/C12H12N4O2S/c17-10-12(1-2-12)3-7(18-10)5-19-11-15-8-4-13-6-14-9(8)16-11/h4,6-7H,1-3,5H2,(H,13,14,15,16). The summed E-state index contributed by atoms with van der Waals surface area (Å²) in [6.07, 6.45) is 6.04. The van der Waals surface area contributed by atoms with Crippen LogP contribution in [0.3, 0.4) is 0 Å². The topological polar surface area (TPSA) is 80.8 Å². The van der Waals surface area contributed by atoms with E-state index < -0.39 is 0 Å². The van der Waals surface area contributed by atoms with Gasteiger partial charge in [0.15, 0.2) is 10.8 Å². The summed E-state index contributed by atoms with van der Waals surface area (Å²) in [5, 5.41) is 0.795. The normalized spacial score (nSPS) is 24.0. The number of carbonyl (C=O) groups is 1. The molecule has 0 radical (unpaired) electrons. The van der Waals surface area contributed by atoms with E-state index in [1.165, 1.54) is 6.33 Å². The Morgan fingerprint density at radius 2 is 2.42 bits per heavy atom. The van der Waals surface area contributed by atoms with Crippen molar-refractivity contribution in [1.82, 2.24) is 19.9 Å². The second-order valence-electron chi connectivity index (χ2n) is 5.12. The van der Waals surface area contributed by atoms with Gasteiger partial charge in [0.05, 0.1) is 11.6 Å². The Morgan fingerprint density at radius 3 is 3.16 bits per heavy atom. The van der Waals surface area contributed by atoms with E-state index in [9.17, 15) is 4.79 Å². The quantitative estimate of drug-likeness (QED) is 0.676. The molecular formula is C12H12N4O2S. The monoisotopic (exact) mass is 276 g/mol. The number of hydrogen-bond acceptors (Lipinski definition) is 6. The summed E-state index contributed by atoms with van der Waals surface area (Å²) in [7, 11) is 0. The summed E-state index contributed by atoms with van der Waals surface area (Å²) in [4.78, 5) is 27.2. The first kappa shape index (κ1) is 11.2. The highest BCUT2D eigenvalue weighted by atomic mass is 32.2. The van der Waals surface area contributed by atoms with Crippen LogP contribution in [0.5, 0.6) is 0 Å². The van der Waals surface area contributed by atoms with Gasteiger partial charge in [-0.25, -0.2) is 15.0 Å². The summed E-state index contributed by atoms with van der Waals surface area (Å²) in [5.41, 5.74) is 1.37. The first-order valence-electron chi connectivity index (χ1n) is 6.25. The zero-order valence-corrected chi connectivity index (χ0v) is 10.9. The zero-order chi connectivity index (χ0) is 12.9. The van der Waals surface area contributed by atoms with Gasteiger partial charge >= 0.3 is 5.97 Å². The number of imidazole rings is 1. The second-order valence-corrected chi connectivity index (χ2v) is 6.13. The first-order chi connectivity index (χ1) is 9.25. The number of aromatic amines is 1. The highest BCUT2D eigenvalue weighted by Crippen LogP contribution is 2.55. The minimum atomic E-state index is -0.120. The van der Waals surface area contributed by atoms with Crippen molar-refractivity contribution in [3.05, 3.63) is 12.5 Å². The molecule has 0 amide bonds. The van der Waals surface area contributed by atoms with Gasteiger partial charge in [0.2, 0.25) is 0 Å². The highest BCUT2D eigenvalue weighted by molar-refractivity contribution is 7.99. The van der Waals surface area contributed by atoms with E-state index >= 15 is 0 Å². The molecule has 7 heteroatoms. The van der Waals surface area contributed by atoms with Gasteiger partial charge in [-0.15, -0.1) is 0 Å². The van der Waals surface area contributed by atoms with Gasteiger partial charge in [-0.1, -0.05) is 11.8 Å². The molecule has 1 atom stereocenters. The number of nitrogens with one attached hydrogen (secondary N) is 1. The molecule has 2 fully saturated rings. The van der Waals surface area contributed by atoms with Gasteiger partial charge < -0.3 is 9.72 Å². The fourth-order valence-corrected chi connectivity index (χ4v) is 3.33. The minimum Gasteiger partial charge on any atom is -0.461 e. The van der Waals surface area contributed by atoms with E-state index in [1.54, 1.807) is 18.0 Å². The van der Waals surface area contributed by atoms with Crippen LogP contribution in [0.2, 0.25) is 0 Å². The number of esters is 1. The number of hydrogen-bond donors (Lipinski definition) is 1. The van der Waals surface area contributed by atoms with Crippen LogP contribution in [0.4, 0.5) is 0 Å². The summed E-state index contributed by atoms with van der Waals surface area (Å²) in [6.45, 7) is 0. The molecule has 1 aliphatic carbocycles. The molecule has 19 heavy (non-hydrogen) atoms. The van der Waals surface area contributed by atoms with Crippen molar-refractivity contribution >= 4 is 28.9 Å². The summed E-state index contributed by atoms with van der Waals surface area (Å²) in [5.74, 6) is 0.731. The Morgan fingerprint density at radius 1 is 1.53 bits per heavy atom. The average Bonchev–Trinajstić information content (AvgIpc) is 2.96. The lowest BCUT2D eigenvalue weighted by atomic mass is 10.0. The summed E-state index contributed by atoms with van der Waals surface area (Å²) in [6, 6.07) is 0. The predicted octanol–water partition coefficient (Wildman–Crippen LogP) is 1.54. The number of carbonyl (C=O) groups excluding carboxylic acids is 1. The maximum atomic E-state index is 11.6. The lowest BCUT2D eigenvalue weighted by Crippen LogP contribution is -2.09. The molecule has 2 aromatic heterocycles. The Balaban J connectivity index is 1.43. The number of nitrogens with zero attached hydrogens (tertiary/aromatic N) is 3. The molecule has 0 aromatic carbocycles. The summed E-state index contributed by atoms with van der Waals surface area (Å²) < 4.78 is 5.41. The van der Waals surface area contributed by atoms with E-state index in [4.69, 9.17) is 4.74 Å². The maximum absolute atomic E-state index is 11.6. The van der Waals surface area contributed by atoms with E-state index in [0.29, 0.717) is 5.65 Å². The molecule has 3 heterocycles.